The van der Waals surface area contributed by atoms with E-state index in [0.717, 1.165) is 21.1 Å². The van der Waals surface area contributed by atoms with Gasteiger partial charge in [0.1, 0.15) is 11.5 Å². The first-order chi connectivity index (χ1) is 16.2. The molecular formula is C21H18F2N6O4S. The molecule has 0 aliphatic heterocycles. The summed E-state index contributed by atoms with van der Waals surface area (Å²) >= 11 is -2.57. The maximum absolute atomic E-state index is 15.3. The van der Waals surface area contributed by atoms with E-state index in [2.05, 4.69) is 15.1 Å². The number of amides is 1. The summed E-state index contributed by atoms with van der Waals surface area (Å²) in [6.07, 6.45) is 5.91. The number of nitrogens with two attached hydrogens (primary N) is 1. The van der Waals surface area contributed by atoms with E-state index in [0.29, 0.717) is 17.5 Å². The van der Waals surface area contributed by atoms with E-state index < -0.39 is 40.3 Å². The second-order valence-corrected chi connectivity index (χ2v) is 8.15. The first kappa shape index (κ1) is 23.2. The zero-order valence-corrected chi connectivity index (χ0v) is 18.5. The van der Waals surface area contributed by atoms with Crippen LogP contribution in [0.25, 0.3) is 22.2 Å². The zero-order valence-electron chi connectivity index (χ0n) is 17.7. The predicted molar refractivity (Wildman–Crippen MR) is 120 cm³/mol. The average molecular weight is 488 g/mol. The third-order valence-corrected chi connectivity index (χ3v) is 5.86. The Hall–Kier alpha value is -3.97. The van der Waals surface area contributed by atoms with Crippen molar-refractivity contribution >= 4 is 39.8 Å². The summed E-state index contributed by atoms with van der Waals surface area (Å²) in [5, 5.41) is 4.11. The summed E-state index contributed by atoms with van der Waals surface area (Å²) in [7, 11) is 0. The number of halogens is 2. The molecule has 10 nitrogen and oxygen atoms in total. The molecule has 1 unspecified atom stereocenters. The van der Waals surface area contributed by atoms with Gasteiger partial charge in [-0.2, -0.15) is 9.78 Å². The first-order valence-corrected chi connectivity index (χ1v) is 11.0. The van der Waals surface area contributed by atoms with E-state index in [1.165, 1.54) is 24.8 Å². The lowest BCUT2D eigenvalue weighted by Gasteiger charge is -2.20. The molecule has 0 fully saturated rings. The minimum Gasteiger partial charge on any atom is -0.350 e. The molecule has 0 bridgehead atoms. The lowest BCUT2D eigenvalue weighted by atomic mass is 10.00. The van der Waals surface area contributed by atoms with Crippen molar-refractivity contribution in [3.05, 3.63) is 65.7 Å². The van der Waals surface area contributed by atoms with Crippen molar-refractivity contribution < 1.29 is 27.1 Å². The quantitative estimate of drug-likeness (QED) is 0.269. The highest BCUT2D eigenvalue weighted by Crippen LogP contribution is 2.31. The Morgan fingerprint density at radius 3 is 2.68 bits per heavy atom. The number of nitrogens with one attached hydrogen (secondary N) is 1. The van der Waals surface area contributed by atoms with Crippen LogP contribution in [0.3, 0.4) is 0 Å². The molecule has 0 saturated carbocycles. The van der Waals surface area contributed by atoms with Crippen molar-refractivity contribution in [2.24, 2.45) is 5.73 Å². The van der Waals surface area contributed by atoms with Crippen LogP contribution in [0.5, 0.6) is 0 Å². The number of fused-ring (bicyclic) bond motifs is 1. The number of ketones is 1. The highest BCUT2D eigenvalue weighted by Gasteiger charge is 2.27. The highest BCUT2D eigenvalue weighted by atomic mass is 32.2. The maximum atomic E-state index is 15.3. The number of carbonyl (C=O) groups is 2. The molecule has 4 rings (SSSR count). The van der Waals surface area contributed by atoms with Gasteiger partial charge >= 0.3 is 6.03 Å². The fourth-order valence-corrected chi connectivity index (χ4v) is 4.15. The van der Waals surface area contributed by atoms with Crippen molar-refractivity contribution in [1.82, 2.24) is 19.7 Å². The maximum Gasteiger partial charge on any atom is 0.339 e. The summed E-state index contributed by atoms with van der Waals surface area (Å²) in [5.41, 5.74) is 5.14. The van der Waals surface area contributed by atoms with Gasteiger partial charge in [0.15, 0.2) is 5.82 Å². The predicted octanol–water partition coefficient (Wildman–Crippen LogP) is 3.22. The summed E-state index contributed by atoms with van der Waals surface area (Å²) in [6, 6.07) is 2.65. The second-order valence-electron chi connectivity index (χ2n) is 7.25. The smallest absolute Gasteiger partial charge is 0.339 e. The normalized spacial score (nSPS) is 12.1. The van der Waals surface area contributed by atoms with E-state index in [1.807, 2.05) is 0 Å². The van der Waals surface area contributed by atoms with Crippen LogP contribution in [0.4, 0.5) is 19.3 Å². The zero-order chi connectivity index (χ0) is 24.6. The number of anilines is 1. The van der Waals surface area contributed by atoms with Crippen LogP contribution in [-0.4, -0.2) is 46.9 Å². The molecule has 34 heavy (non-hydrogen) atoms. The van der Waals surface area contributed by atoms with Crippen LogP contribution in [0.15, 0.2) is 43.0 Å². The lowest BCUT2D eigenvalue weighted by Crippen LogP contribution is -2.27. The fourth-order valence-electron chi connectivity index (χ4n) is 3.50. The molecule has 3 heterocycles. The summed E-state index contributed by atoms with van der Waals surface area (Å²) < 4.78 is 52.9. The number of benzene rings is 1. The molecule has 1 aromatic carbocycles. The Bertz CT molecular complexity index is 1450. The Kier molecular flexibility index (Phi) is 6.22. The Morgan fingerprint density at radius 1 is 1.26 bits per heavy atom. The van der Waals surface area contributed by atoms with Gasteiger partial charge in [-0.05, 0) is 24.6 Å². The van der Waals surface area contributed by atoms with Gasteiger partial charge < -0.3 is 10.7 Å². The molecule has 1 amide bonds. The molecule has 0 aliphatic rings. The van der Waals surface area contributed by atoms with Gasteiger partial charge in [-0.3, -0.25) is 13.7 Å². The van der Waals surface area contributed by atoms with Crippen molar-refractivity contribution in [2.75, 3.05) is 10.8 Å². The van der Waals surface area contributed by atoms with Gasteiger partial charge in [0.05, 0.1) is 17.4 Å². The van der Waals surface area contributed by atoms with Crippen LogP contribution in [-0.2, 0) is 11.3 Å². The largest absolute Gasteiger partial charge is 0.350 e. The molecule has 0 aliphatic carbocycles. The monoisotopic (exact) mass is 488 g/mol. The van der Waals surface area contributed by atoms with E-state index in [4.69, 9.17) is 5.73 Å². The third kappa shape index (κ3) is 4.06. The number of hydrogen-bond acceptors (Lipinski definition) is 5. The number of nitrogens with zero attached hydrogens (tertiary/aromatic N) is 4. The van der Waals surface area contributed by atoms with Crippen LogP contribution in [0.2, 0.25) is 0 Å². The highest BCUT2D eigenvalue weighted by molar-refractivity contribution is 7.80. The Balaban J connectivity index is 1.81. The second kappa shape index (κ2) is 9.11. The number of primary amides is 1. The van der Waals surface area contributed by atoms with Crippen molar-refractivity contribution in [3.63, 3.8) is 0 Å². The standard InChI is InChI=1S/C21H18F2N6O4S/c1-2-5-29(34(32)33)16-4-3-15(22)17(18(16)23)19(30)14-9-26-20-13(14)6-11(7-25-20)12-8-27-28(10-12)21(24)31/h3-4,6-10H,2,5H2,1H3,(H2,24,31)(H,25,26)(H,32,33). The molecule has 4 aromatic rings. The number of pyridine rings is 1. The van der Waals surface area contributed by atoms with Gasteiger partial charge in [0.2, 0.25) is 5.78 Å². The van der Waals surface area contributed by atoms with Crippen molar-refractivity contribution in [2.45, 2.75) is 13.3 Å². The summed E-state index contributed by atoms with van der Waals surface area (Å²) in [6.45, 7) is 1.73. The molecule has 1 atom stereocenters. The van der Waals surface area contributed by atoms with Crippen LogP contribution in [0.1, 0.15) is 29.3 Å². The van der Waals surface area contributed by atoms with Crippen molar-refractivity contribution in [1.29, 1.82) is 0 Å². The van der Waals surface area contributed by atoms with Crippen LogP contribution < -0.4 is 10.0 Å². The van der Waals surface area contributed by atoms with Gasteiger partial charge in [-0.15, -0.1) is 0 Å². The SMILES string of the molecule is CCCN(c1ccc(F)c(C(=O)c2c[nH]c3ncc(-c4cnn(C(N)=O)c4)cc23)c1F)S(=O)O. The van der Waals surface area contributed by atoms with Gasteiger partial charge in [-0.25, -0.2) is 22.8 Å². The molecule has 0 saturated heterocycles. The summed E-state index contributed by atoms with van der Waals surface area (Å²) in [5.74, 6) is -3.34. The van der Waals surface area contributed by atoms with Gasteiger partial charge in [0.25, 0.3) is 11.3 Å². The summed E-state index contributed by atoms with van der Waals surface area (Å²) in [4.78, 5) is 31.5. The van der Waals surface area contributed by atoms with Crippen LogP contribution in [0, 0.1) is 11.6 Å². The molecule has 176 valence electrons. The van der Waals surface area contributed by atoms with Gasteiger partial charge in [0, 0.05) is 47.2 Å². The van der Waals surface area contributed by atoms with E-state index >= 15 is 4.39 Å². The number of aromatic amines is 1. The lowest BCUT2D eigenvalue weighted by molar-refractivity contribution is 0.103. The minimum absolute atomic E-state index is 0.0125. The van der Waals surface area contributed by atoms with Gasteiger partial charge in [-0.1, -0.05) is 6.92 Å². The molecule has 3 aromatic heterocycles. The molecule has 0 spiro atoms. The topological polar surface area (TPSA) is 147 Å². The number of carbonyl (C=O) groups excluding carboxylic acids is 2. The van der Waals surface area contributed by atoms with E-state index in [9.17, 15) is 22.7 Å². The number of H-pyrrole nitrogens is 1. The molecular weight excluding hydrogens is 470 g/mol. The fraction of sp³-hybridized carbons (Fsp3) is 0.143. The number of hydrogen-bond donors (Lipinski definition) is 3. The van der Waals surface area contributed by atoms with Crippen LogP contribution >= 0.6 is 0 Å². The average Bonchev–Trinajstić information content (AvgIpc) is 3.45. The number of rotatable bonds is 7. The Morgan fingerprint density at radius 2 is 2.03 bits per heavy atom. The minimum atomic E-state index is -2.57. The van der Waals surface area contributed by atoms with E-state index in [1.54, 1.807) is 13.0 Å². The molecule has 13 heteroatoms. The van der Waals surface area contributed by atoms with E-state index in [-0.39, 0.29) is 28.8 Å². The third-order valence-electron chi connectivity index (χ3n) is 5.10. The first-order valence-electron chi connectivity index (χ1n) is 9.96. The Labute approximate surface area is 193 Å². The molecule has 4 N–H and O–H groups in total. The van der Waals surface area contributed by atoms with Crippen molar-refractivity contribution in [3.8, 4) is 11.1 Å². The number of aromatic nitrogens is 4. The molecule has 0 radical (unpaired) electrons.